The van der Waals surface area contributed by atoms with Crippen LogP contribution < -0.4 is 4.74 Å². The molecule has 3 nitrogen and oxygen atoms in total. The van der Waals surface area contributed by atoms with Crippen LogP contribution in [0.4, 0.5) is 4.39 Å². The lowest BCUT2D eigenvalue weighted by molar-refractivity contribution is 0.308. The molecule has 0 amide bonds. The first-order chi connectivity index (χ1) is 11.6. The number of benzene rings is 1. The molecule has 1 fully saturated rings. The maximum absolute atomic E-state index is 13.0. The van der Waals surface area contributed by atoms with Gasteiger partial charge in [-0.1, -0.05) is 12.1 Å². The van der Waals surface area contributed by atoms with Crippen LogP contribution in [-0.4, -0.2) is 9.97 Å². The molecule has 1 aromatic carbocycles. The van der Waals surface area contributed by atoms with E-state index in [2.05, 4.69) is 23.8 Å². The van der Waals surface area contributed by atoms with Crippen molar-refractivity contribution in [2.45, 2.75) is 39.7 Å². The number of aromatic amines is 1. The Hall–Kier alpha value is -2.07. The lowest BCUT2D eigenvalue weighted by atomic mass is 10.1. The van der Waals surface area contributed by atoms with E-state index in [9.17, 15) is 4.39 Å². The minimum Gasteiger partial charge on any atom is -0.485 e. The number of halogens is 2. The van der Waals surface area contributed by atoms with Crippen molar-refractivity contribution in [3.8, 4) is 5.75 Å². The van der Waals surface area contributed by atoms with Crippen molar-refractivity contribution in [1.29, 1.82) is 0 Å². The number of rotatable bonds is 5. The van der Waals surface area contributed by atoms with Crippen LogP contribution in [0.1, 0.15) is 35.4 Å². The monoisotopic (exact) mass is 360 g/mol. The van der Waals surface area contributed by atoms with Gasteiger partial charge in [-0.2, -0.15) is 0 Å². The van der Waals surface area contributed by atoms with Crippen molar-refractivity contribution >= 4 is 23.3 Å². The van der Waals surface area contributed by atoms with E-state index >= 15 is 0 Å². The van der Waals surface area contributed by atoms with Gasteiger partial charge in [0.2, 0.25) is 0 Å². The van der Waals surface area contributed by atoms with Gasteiger partial charge in [-0.25, -0.2) is 4.39 Å². The highest BCUT2D eigenvalue weighted by atomic mass is 35.5. The molecule has 3 aromatic rings. The average molecular weight is 361 g/mol. The van der Waals surface area contributed by atoms with Gasteiger partial charge in [0.05, 0.1) is 17.4 Å². The highest BCUT2D eigenvalue weighted by Crippen LogP contribution is 2.37. The van der Waals surface area contributed by atoms with E-state index < -0.39 is 0 Å². The zero-order valence-corrected chi connectivity index (χ0v) is 15.3. The number of aryl methyl sites for hydroxylation is 2. The Morgan fingerprint density at radius 3 is 2.60 bits per heavy atom. The summed E-state index contributed by atoms with van der Waals surface area (Å²) in [4.78, 5) is 8.13. The van der Waals surface area contributed by atoms with Gasteiger partial charge in [0, 0.05) is 11.1 Å². The molecule has 5 heteroatoms. The number of fused-ring (bicyclic) bond motifs is 1. The molecule has 0 unspecified atom stereocenters. The Morgan fingerprint density at radius 2 is 1.92 bits per heavy atom. The molecule has 0 bridgehead atoms. The maximum Gasteiger partial charge on any atom is 0.162 e. The molecule has 0 spiro atoms. The van der Waals surface area contributed by atoms with Gasteiger partial charge in [0.15, 0.2) is 5.75 Å². The largest absolute Gasteiger partial charge is 0.485 e. The van der Waals surface area contributed by atoms with Gasteiger partial charge in [-0.05, 0) is 62.3 Å². The lowest BCUT2D eigenvalue weighted by Crippen LogP contribution is -1.99. The Kier molecular flexibility index (Phi) is 5.00. The van der Waals surface area contributed by atoms with Gasteiger partial charge < -0.3 is 9.72 Å². The van der Waals surface area contributed by atoms with Crippen LogP contribution in [0.5, 0.6) is 5.75 Å². The van der Waals surface area contributed by atoms with E-state index in [1.165, 1.54) is 41.6 Å². The second-order valence-electron chi connectivity index (χ2n) is 6.76. The lowest BCUT2D eigenvalue weighted by Gasteiger charge is -2.10. The Bertz CT molecular complexity index is 885. The Labute approximate surface area is 153 Å². The second-order valence-corrected chi connectivity index (χ2v) is 6.76. The second kappa shape index (κ2) is 7.04. The van der Waals surface area contributed by atoms with E-state index in [1.54, 1.807) is 12.1 Å². The minimum absolute atomic E-state index is 0. The van der Waals surface area contributed by atoms with Gasteiger partial charge in [0.25, 0.3) is 0 Å². The van der Waals surface area contributed by atoms with Crippen molar-refractivity contribution in [3.63, 3.8) is 0 Å². The van der Waals surface area contributed by atoms with Crippen molar-refractivity contribution in [1.82, 2.24) is 9.97 Å². The summed E-state index contributed by atoms with van der Waals surface area (Å²) in [7, 11) is 0. The van der Waals surface area contributed by atoms with E-state index in [1.807, 2.05) is 6.20 Å². The van der Waals surface area contributed by atoms with Crippen LogP contribution in [0.15, 0.2) is 30.5 Å². The van der Waals surface area contributed by atoms with Crippen molar-refractivity contribution in [2.24, 2.45) is 5.92 Å². The standard InChI is InChI=1S/C20H21FN2O.ClH/c1-12-13(2)23-20-18(24-11-15-5-7-16(21)8-6-15)10-22-17(19(12)20)9-14-3-4-14;/h5-8,10,14,23H,3-4,9,11H2,1-2H3;1H. The van der Waals surface area contributed by atoms with Crippen molar-refractivity contribution < 1.29 is 9.13 Å². The predicted molar refractivity (Wildman–Crippen MR) is 100.0 cm³/mol. The zero-order valence-electron chi connectivity index (χ0n) is 14.4. The summed E-state index contributed by atoms with van der Waals surface area (Å²) in [6.07, 6.45) is 5.49. The summed E-state index contributed by atoms with van der Waals surface area (Å²) < 4.78 is 19.0. The number of H-pyrrole nitrogens is 1. The molecule has 0 aliphatic heterocycles. The highest BCUT2D eigenvalue weighted by molar-refractivity contribution is 5.91. The maximum atomic E-state index is 13.0. The molecular formula is C20H22ClFN2O. The van der Waals surface area contributed by atoms with Crippen molar-refractivity contribution in [3.05, 3.63) is 58.8 Å². The fourth-order valence-corrected chi connectivity index (χ4v) is 3.13. The normalized spacial score (nSPS) is 13.7. The summed E-state index contributed by atoms with van der Waals surface area (Å²) in [6, 6.07) is 6.39. The highest BCUT2D eigenvalue weighted by Gasteiger charge is 2.25. The summed E-state index contributed by atoms with van der Waals surface area (Å²) in [6.45, 7) is 4.62. The molecule has 132 valence electrons. The number of hydrogen-bond acceptors (Lipinski definition) is 2. The number of ether oxygens (including phenoxy) is 1. The molecule has 0 atom stereocenters. The molecule has 25 heavy (non-hydrogen) atoms. The SMILES string of the molecule is Cc1[nH]c2c(OCc3ccc(F)cc3)cnc(CC3CC3)c2c1C.Cl. The molecule has 1 N–H and O–H groups in total. The molecule has 1 aliphatic rings. The van der Waals surface area contributed by atoms with Crippen LogP contribution in [0.2, 0.25) is 0 Å². The third kappa shape index (κ3) is 3.64. The summed E-state index contributed by atoms with van der Waals surface area (Å²) >= 11 is 0. The summed E-state index contributed by atoms with van der Waals surface area (Å²) in [5, 5.41) is 1.20. The summed E-state index contributed by atoms with van der Waals surface area (Å²) in [5.74, 6) is 1.31. The van der Waals surface area contributed by atoms with Crippen LogP contribution in [0.25, 0.3) is 10.9 Å². The fourth-order valence-electron chi connectivity index (χ4n) is 3.13. The van der Waals surface area contributed by atoms with Crippen molar-refractivity contribution in [2.75, 3.05) is 0 Å². The Morgan fingerprint density at radius 1 is 1.20 bits per heavy atom. The molecule has 1 saturated carbocycles. The van der Waals surface area contributed by atoms with Crippen LogP contribution in [-0.2, 0) is 13.0 Å². The van der Waals surface area contributed by atoms with Gasteiger partial charge in [-0.3, -0.25) is 4.98 Å². The minimum atomic E-state index is -0.233. The van der Waals surface area contributed by atoms with E-state index in [0.29, 0.717) is 6.61 Å². The van der Waals surface area contributed by atoms with Gasteiger partial charge in [-0.15, -0.1) is 12.4 Å². The molecular weight excluding hydrogens is 339 g/mol. The Balaban J connectivity index is 0.00000182. The van der Waals surface area contributed by atoms with Gasteiger partial charge >= 0.3 is 0 Å². The van der Waals surface area contributed by atoms with Gasteiger partial charge in [0.1, 0.15) is 12.4 Å². The van der Waals surface area contributed by atoms with Crippen LogP contribution >= 0.6 is 12.4 Å². The molecule has 1 aliphatic carbocycles. The number of nitrogens with zero attached hydrogens (tertiary/aromatic N) is 1. The molecule has 0 radical (unpaired) electrons. The molecule has 0 saturated heterocycles. The first-order valence-corrected chi connectivity index (χ1v) is 8.46. The number of pyridine rings is 1. The molecule has 2 heterocycles. The van der Waals surface area contributed by atoms with Crippen LogP contribution in [0.3, 0.4) is 0 Å². The number of aromatic nitrogens is 2. The topological polar surface area (TPSA) is 37.9 Å². The van der Waals surface area contributed by atoms with E-state index in [4.69, 9.17) is 4.74 Å². The quantitative estimate of drug-likeness (QED) is 0.672. The first-order valence-electron chi connectivity index (χ1n) is 8.46. The smallest absolute Gasteiger partial charge is 0.162 e. The first kappa shape index (κ1) is 17.7. The van der Waals surface area contributed by atoms with E-state index in [-0.39, 0.29) is 18.2 Å². The fraction of sp³-hybridized carbons (Fsp3) is 0.350. The zero-order chi connectivity index (χ0) is 16.7. The number of nitrogens with one attached hydrogen (secondary N) is 1. The average Bonchev–Trinajstić information content (AvgIpc) is 3.34. The number of hydrogen-bond donors (Lipinski definition) is 1. The third-order valence-corrected chi connectivity index (χ3v) is 4.86. The third-order valence-electron chi connectivity index (χ3n) is 4.86. The summed E-state index contributed by atoms with van der Waals surface area (Å²) in [5.41, 5.74) is 5.54. The predicted octanol–water partition coefficient (Wildman–Crippen LogP) is 5.27. The molecule has 4 rings (SSSR count). The van der Waals surface area contributed by atoms with Crippen LogP contribution in [0, 0.1) is 25.6 Å². The molecule has 2 aromatic heterocycles. The van der Waals surface area contributed by atoms with E-state index in [0.717, 1.165) is 34.9 Å².